The van der Waals surface area contributed by atoms with E-state index >= 15 is 0 Å². The molecule has 1 rings (SSSR count). The Kier molecular flexibility index (Phi) is 3.93. The number of aromatic nitrogens is 2. The van der Waals surface area contributed by atoms with E-state index in [1.165, 1.54) is 23.1 Å². The molecule has 0 radical (unpaired) electrons. The molecule has 1 aromatic rings. The van der Waals surface area contributed by atoms with Gasteiger partial charge in [-0.05, 0) is 6.92 Å². The Labute approximate surface area is 78.7 Å². The normalized spacial score (nSPS) is 13.2. The molecule has 6 heteroatoms. The number of nitrogens with zero attached hydrogens (tertiary/aromatic N) is 2. The van der Waals surface area contributed by atoms with Crippen molar-refractivity contribution in [1.82, 2.24) is 10.2 Å². The number of rotatable bonds is 4. The molecule has 0 bridgehead atoms. The van der Waals surface area contributed by atoms with E-state index in [1.807, 2.05) is 6.92 Å². The highest BCUT2D eigenvalue weighted by molar-refractivity contribution is 8.01. The molecule has 2 N–H and O–H groups in total. The third-order valence-corrected chi connectivity index (χ3v) is 3.23. The minimum Gasteiger partial charge on any atom is -0.394 e. The Morgan fingerprint density at radius 2 is 2.33 bits per heavy atom. The van der Waals surface area contributed by atoms with Crippen LogP contribution in [0.4, 0.5) is 0 Å². The van der Waals surface area contributed by atoms with Crippen molar-refractivity contribution in [3.8, 4) is 0 Å². The molecule has 4 nitrogen and oxygen atoms in total. The van der Waals surface area contributed by atoms with Crippen LogP contribution in [-0.4, -0.2) is 38.9 Å². The van der Waals surface area contributed by atoms with Gasteiger partial charge in [-0.1, -0.05) is 23.1 Å². The second-order valence-corrected chi connectivity index (χ2v) is 4.68. The van der Waals surface area contributed by atoms with E-state index in [9.17, 15) is 0 Å². The van der Waals surface area contributed by atoms with Crippen LogP contribution in [0.25, 0.3) is 0 Å². The van der Waals surface area contributed by atoms with Crippen LogP contribution in [0.5, 0.6) is 0 Å². The smallest absolute Gasteiger partial charge is 0.174 e. The molecule has 0 aliphatic heterocycles. The lowest BCUT2D eigenvalue weighted by Crippen LogP contribution is -2.14. The second kappa shape index (κ2) is 4.76. The quantitative estimate of drug-likeness (QED) is 0.693. The first-order chi connectivity index (χ1) is 5.72. The predicted molar refractivity (Wildman–Crippen MR) is 48.5 cm³/mol. The van der Waals surface area contributed by atoms with Gasteiger partial charge in [-0.2, -0.15) is 0 Å². The SMILES string of the molecule is Cc1nnc(SCC(O)CO)s1. The van der Waals surface area contributed by atoms with Gasteiger partial charge in [0.1, 0.15) is 5.01 Å². The van der Waals surface area contributed by atoms with Crippen molar-refractivity contribution in [2.24, 2.45) is 0 Å². The van der Waals surface area contributed by atoms with Gasteiger partial charge in [0.2, 0.25) is 0 Å². The highest BCUT2D eigenvalue weighted by Gasteiger charge is 2.05. The number of thioether (sulfide) groups is 1. The van der Waals surface area contributed by atoms with Crippen LogP contribution in [0.2, 0.25) is 0 Å². The van der Waals surface area contributed by atoms with Gasteiger partial charge in [-0.15, -0.1) is 10.2 Å². The molecule has 0 aromatic carbocycles. The molecule has 68 valence electrons. The largest absolute Gasteiger partial charge is 0.394 e. The first-order valence-corrected chi connectivity index (χ1v) is 5.24. The zero-order chi connectivity index (χ0) is 8.97. The van der Waals surface area contributed by atoms with Crippen molar-refractivity contribution in [1.29, 1.82) is 0 Å². The van der Waals surface area contributed by atoms with Crippen LogP contribution in [0.15, 0.2) is 4.34 Å². The summed E-state index contributed by atoms with van der Waals surface area (Å²) in [4.78, 5) is 0. The van der Waals surface area contributed by atoms with Crippen LogP contribution >= 0.6 is 23.1 Å². The van der Waals surface area contributed by atoms with Gasteiger partial charge >= 0.3 is 0 Å². The Morgan fingerprint density at radius 3 is 2.83 bits per heavy atom. The lowest BCUT2D eigenvalue weighted by molar-refractivity contribution is 0.113. The fourth-order valence-corrected chi connectivity index (χ4v) is 2.31. The highest BCUT2D eigenvalue weighted by Crippen LogP contribution is 2.22. The molecule has 0 fully saturated rings. The van der Waals surface area contributed by atoms with Crippen LogP contribution in [-0.2, 0) is 0 Å². The standard InChI is InChI=1S/C6H10N2O2S2/c1-4-7-8-6(12-4)11-3-5(10)2-9/h5,9-10H,2-3H2,1H3. The maximum Gasteiger partial charge on any atom is 0.174 e. The number of aryl methyl sites for hydroxylation is 1. The van der Waals surface area contributed by atoms with Crippen LogP contribution in [0, 0.1) is 6.92 Å². The molecule has 0 aliphatic carbocycles. The summed E-state index contributed by atoms with van der Waals surface area (Å²) in [5.74, 6) is 0.463. The van der Waals surface area contributed by atoms with Crippen LogP contribution in [0.1, 0.15) is 5.01 Å². The number of hydrogen-bond acceptors (Lipinski definition) is 6. The van der Waals surface area contributed by atoms with Gasteiger partial charge < -0.3 is 10.2 Å². The van der Waals surface area contributed by atoms with Crippen molar-refractivity contribution in [3.63, 3.8) is 0 Å². The molecule has 0 aliphatic rings. The average Bonchev–Trinajstić information content (AvgIpc) is 2.47. The summed E-state index contributed by atoms with van der Waals surface area (Å²) in [5.41, 5.74) is 0. The molecule has 12 heavy (non-hydrogen) atoms. The number of aliphatic hydroxyl groups excluding tert-OH is 2. The summed E-state index contributed by atoms with van der Waals surface area (Å²) in [5, 5.41) is 26.1. The van der Waals surface area contributed by atoms with E-state index in [0.717, 1.165) is 9.35 Å². The van der Waals surface area contributed by atoms with Crippen molar-refractivity contribution < 1.29 is 10.2 Å². The molecular formula is C6H10N2O2S2. The van der Waals surface area contributed by atoms with Crippen molar-refractivity contribution in [2.75, 3.05) is 12.4 Å². The molecule has 0 saturated carbocycles. The van der Waals surface area contributed by atoms with Crippen molar-refractivity contribution in [2.45, 2.75) is 17.4 Å². The molecule has 1 heterocycles. The summed E-state index contributed by atoms with van der Waals surface area (Å²) in [6.45, 7) is 1.68. The Balaban J connectivity index is 2.33. The third-order valence-electron chi connectivity index (χ3n) is 1.12. The molecule has 1 atom stereocenters. The fourth-order valence-electron chi connectivity index (χ4n) is 0.557. The van der Waals surface area contributed by atoms with Gasteiger partial charge in [0.15, 0.2) is 4.34 Å². The van der Waals surface area contributed by atoms with E-state index in [1.54, 1.807) is 0 Å². The van der Waals surface area contributed by atoms with Crippen molar-refractivity contribution >= 4 is 23.1 Å². The molecule has 0 spiro atoms. The van der Waals surface area contributed by atoms with Gasteiger partial charge in [0.05, 0.1) is 12.7 Å². The lowest BCUT2D eigenvalue weighted by atomic mass is 10.4. The minimum absolute atomic E-state index is 0.204. The minimum atomic E-state index is -0.667. The topological polar surface area (TPSA) is 66.2 Å². The number of aliphatic hydroxyl groups is 2. The lowest BCUT2D eigenvalue weighted by Gasteiger charge is -2.02. The highest BCUT2D eigenvalue weighted by atomic mass is 32.2. The fraction of sp³-hybridized carbons (Fsp3) is 0.667. The van der Waals surface area contributed by atoms with E-state index in [2.05, 4.69) is 10.2 Å². The second-order valence-electron chi connectivity index (χ2n) is 2.23. The first kappa shape index (κ1) is 9.91. The maximum atomic E-state index is 9.01. The van der Waals surface area contributed by atoms with Gasteiger partial charge in [-0.3, -0.25) is 0 Å². The molecule has 0 saturated heterocycles. The number of hydrogen-bond donors (Lipinski definition) is 2. The van der Waals surface area contributed by atoms with E-state index in [0.29, 0.717) is 5.75 Å². The van der Waals surface area contributed by atoms with E-state index in [4.69, 9.17) is 10.2 Å². The summed E-state index contributed by atoms with van der Waals surface area (Å²) in [6, 6.07) is 0. The summed E-state index contributed by atoms with van der Waals surface area (Å²) < 4.78 is 0.833. The monoisotopic (exact) mass is 206 g/mol. The Hall–Kier alpha value is -0.170. The van der Waals surface area contributed by atoms with E-state index in [-0.39, 0.29) is 6.61 Å². The summed E-state index contributed by atoms with van der Waals surface area (Å²) in [7, 11) is 0. The molecule has 0 amide bonds. The average molecular weight is 206 g/mol. The zero-order valence-corrected chi connectivity index (χ0v) is 8.23. The van der Waals surface area contributed by atoms with Crippen LogP contribution in [0.3, 0.4) is 0 Å². The molecule has 1 aromatic heterocycles. The first-order valence-electron chi connectivity index (χ1n) is 3.44. The summed E-state index contributed by atoms with van der Waals surface area (Å²) in [6.07, 6.45) is -0.667. The van der Waals surface area contributed by atoms with Crippen molar-refractivity contribution in [3.05, 3.63) is 5.01 Å². The Bertz CT molecular complexity index is 241. The third kappa shape index (κ3) is 3.06. The molecule has 1 unspecified atom stereocenters. The Morgan fingerprint density at radius 1 is 1.58 bits per heavy atom. The summed E-state index contributed by atoms with van der Waals surface area (Å²) >= 11 is 2.90. The van der Waals surface area contributed by atoms with Gasteiger partial charge in [0, 0.05) is 5.75 Å². The van der Waals surface area contributed by atoms with Gasteiger partial charge in [-0.25, -0.2) is 0 Å². The zero-order valence-electron chi connectivity index (χ0n) is 6.60. The van der Waals surface area contributed by atoms with E-state index < -0.39 is 6.10 Å². The maximum absolute atomic E-state index is 9.01. The van der Waals surface area contributed by atoms with Gasteiger partial charge in [0.25, 0.3) is 0 Å². The molecular weight excluding hydrogens is 196 g/mol. The van der Waals surface area contributed by atoms with Crippen LogP contribution < -0.4 is 0 Å². The predicted octanol–water partition coefficient (Wildman–Crippen LogP) is 0.292.